The molecule has 0 bridgehead atoms. The Hall–Kier alpha value is -2.55. The second-order valence-corrected chi connectivity index (χ2v) is 6.10. The molecule has 0 spiro atoms. The summed E-state index contributed by atoms with van der Waals surface area (Å²) in [5.74, 6) is -0.348. The van der Waals surface area contributed by atoms with Crippen LogP contribution in [-0.4, -0.2) is 12.1 Å². The van der Waals surface area contributed by atoms with E-state index in [-0.39, 0.29) is 17.5 Å². The highest BCUT2D eigenvalue weighted by atomic mass is 16.5. The van der Waals surface area contributed by atoms with Crippen LogP contribution in [0.15, 0.2) is 73.2 Å². The van der Waals surface area contributed by atoms with Crippen molar-refractivity contribution in [1.82, 2.24) is 0 Å². The average Bonchev–Trinajstić information content (AvgIpc) is 3.05. The lowest BCUT2D eigenvalue weighted by molar-refractivity contribution is -0.135. The lowest BCUT2D eigenvalue weighted by atomic mass is 9.71. The van der Waals surface area contributed by atoms with E-state index in [1.54, 1.807) is 0 Å². The minimum atomic E-state index is -0.348. The molecule has 0 saturated heterocycles. The van der Waals surface area contributed by atoms with Crippen molar-refractivity contribution in [2.75, 3.05) is 0 Å². The van der Waals surface area contributed by atoms with E-state index in [9.17, 15) is 4.79 Å². The molecule has 3 nitrogen and oxygen atoms in total. The Morgan fingerprint density at radius 2 is 1.58 bits per heavy atom. The molecule has 2 aromatic carbocycles. The second-order valence-electron chi connectivity index (χ2n) is 6.10. The third-order valence-electron chi connectivity index (χ3n) is 4.70. The van der Waals surface area contributed by atoms with E-state index >= 15 is 0 Å². The van der Waals surface area contributed by atoms with Gasteiger partial charge in [-0.25, -0.2) is 0 Å². The van der Waals surface area contributed by atoms with Crippen molar-refractivity contribution in [3.8, 4) is 0 Å². The summed E-state index contributed by atoms with van der Waals surface area (Å²) in [4.78, 5) is 10.9. The van der Waals surface area contributed by atoms with Gasteiger partial charge >= 0.3 is 5.97 Å². The van der Waals surface area contributed by atoms with E-state index < -0.39 is 0 Å². The van der Waals surface area contributed by atoms with Gasteiger partial charge in [-0.1, -0.05) is 60.7 Å². The molecule has 0 heterocycles. The number of carbonyl (C=O) groups is 1. The van der Waals surface area contributed by atoms with E-state index in [1.807, 2.05) is 12.1 Å². The molecule has 0 unspecified atom stereocenters. The molecular formula is C21H22O3. The van der Waals surface area contributed by atoms with Crippen LogP contribution in [0.3, 0.4) is 0 Å². The Labute approximate surface area is 142 Å². The van der Waals surface area contributed by atoms with Gasteiger partial charge in [0.15, 0.2) is 0 Å². The molecule has 1 saturated carbocycles. The van der Waals surface area contributed by atoms with Gasteiger partial charge in [0.05, 0.1) is 5.41 Å². The number of rotatable bonds is 5. The third kappa shape index (κ3) is 3.21. The number of hydrogen-bond donors (Lipinski definition) is 0. The van der Waals surface area contributed by atoms with Gasteiger partial charge in [0.1, 0.15) is 18.6 Å². The summed E-state index contributed by atoms with van der Waals surface area (Å²) >= 11 is 0. The summed E-state index contributed by atoms with van der Waals surface area (Å²) in [6, 6.07) is 21.0. The Kier molecular flexibility index (Phi) is 4.99. The molecule has 0 aliphatic heterocycles. The van der Waals surface area contributed by atoms with Crippen molar-refractivity contribution in [3.05, 3.63) is 84.3 Å². The molecule has 0 N–H and O–H groups in total. The monoisotopic (exact) mass is 322 g/mol. The summed E-state index contributed by atoms with van der Waals surface area (Å²) in [6.07, 6.45) is 5.92. The number of carbonyl (C=O) groups excluding carboxylic acids is 1. The first-order valence-corrected chi connectivity index (χ1v) is 8.32. The maximum Gasteiger partial charge on any atom is 0.307 e. The van der Waals surface area contributed by atoms with Crippen LogP contribution in [0.1, 0.15) is 37.3 Å². The van der Waals surface area contributed by atoms with Gasteiger partial charge in [-0.15, -0.1) is 0 Å². The summed E-state index contributed by atoms with van der Waals surface area (Å²) in [7, 11) is 0. The molecule has 0 radical (unpaired) electrons. The van der Waals surface area contributed by atoms with Crippen LogP contribution in [-0.2, 0) is 19.7 Å². The lowest BCUT2D eigenvalue weighted by Crippen LogP contribution is -2.37. The third-order valence-corrected chi connectivity index (χ3v) is 4.70. The predicted molar refractivity (Wildman–Crippen MR) is 93.3 cm³/mol. The lowest BCUT2D eigenvalue weighted by Gasteiger charge is -2.36. The van der Waals surface area contributed by atoms with Crippen molar-refractivity contribution in [1.29, 1.82) is 0 Å². The van der Waals surface area contributed by atoms with E-state index in [1.165, 1.54) is 30.6 Å². The van der Waals surface area contributed by atoms with E-state index in [0.717, 1.165) is 19.3 Å². The highest BCUT2D eigenvalue weighted by Crippen LogP contribution is 2.48. The zero-order valence-electron chi connectivity index (χ0n) is 13.9. The largest absolute Gasteiger partial charge is 0.494 e. The van der Waals surface area contributed by atoms with Gasteiger partial charge in [-0.05, 0) is 30.4 Å². The fourth-order valence-electron chi connectivity index (χ4n) is 3.71. The van der Waals surface area contributed by atoms with Crippen molar-refractivity contribution in [2.24, 2.45) is 0 Å². The molecule has 0 amide bonds. The van der Waals surface area contributed by atoms with Crippen LogP contribution < -0.4 is 0 Å². The fraction of sp³-hybridized carbons (Fsp3) is 0.286. The van der Waals surface area contributed by atoms with Crippen molar-refractivity contribution in [2.45, 2.75) is 37.7 Å². The predicted octanol–water partition coefficient (Wildman–Crippen LogP) is 4.58. The topological polar surface area (TPSA) is 35.5 Å². The molecule has 124 valence electrons. The average molecular weight is 322 g/mol. The highest BCUT2D eigenvalue weighted by molar-refractivity contribution is 5.66. The summed E-state index contributed by atoms with van der Waals surface area (Å²) in [5, 5.41) is 0. The zero-order valence-corrected chi connectivity index (χ0v) is 13.9. The van der Waals surface area contributed by atoms with Gasteiger partial charge in [0.2, 0.25) is 0 Å². The maximum absolute atomic E-state index is 10.9. The van der Waals surface area contributed by atoms with Crippen LogP contribution >= 0.6 is 0 Å². The first kappa shape index (κ1) is 16.3. The SMILES string of the molecule is CC(=O)O/C=C\O[C@@H]1CCCC1(c1ccccc1)c1ccccc1. The molecule has 3 heteroatoms. The second kappa shape index (κ2) is 7.35. The molecule has 1 aliphatic carbocycles. The molecule has 0 aromatic heterocycles. The first-order valence-electron chi connectivity index (χ1n) is 8.32. The maximum atomic E-state index is 10.9. The minimum Gasteiger partial charge on any atom is -0.494 e. The summed E-state index contributed by atoms with van der Waals surface area (Å²) in [5.41, 5.74) is 2.35. The van der Waals surface area contributed by atoms with Crippen LogP contribution in [0.2, 0.25) is 0 Å². The Bertz CT molecular complexity index is 652. The fourth-order valence-corrected chi connectivity index (χ4v) is 3.71. The van der Waals surface area contributed by atoms with Crippen molar-refractivity contribution < 1.29 is 14.3 Å². The van der Waals surface area contributed by atoms with Crippen LogP contribution in [0.25, 0.3) is 0 Å². The molecule has 3 rings (SSSR count). The highest BCUT2D eigenvalue weighted by Gasteiger charge is 2.46. The summed E-state index contributed by atoms with van der Waals surface area (Å²) in [6.45, 7) is 1.37. The Morgan fingerprint density at radius 1 is 1.00 bits per heavy atom. The number of esters is 1. The van der Waals surface area contributed by atoms with Gasteiger partial charge in [-0.2, -0.15) is 0 Å². The van der Waals surface area contributed by atoms with Crippen molar-refractivity contribution in [3.63, 3.8) is 0 Å². The number of hydrogen-bond acceptors (Lipinski definition) is 3. The quantitative estimate of drug-likeness (QED) is 0.597. The van der Waals surface area contributed by atoms with Crippen LogP contribution in [0, 0.1) is 0 Å². The molecular weight excluding hydrogens is 300 g/mol. The Balaban J connectivity index is 1.95. The van der Waals surface area contributed by atoms with E-state index in [0.29, 0.717) is 0 Å². The molecule has 24 heavy (non-hydrogen) atoms. The number of ether oxygens (including phenoxy) is 2. The van der Waals surface area contributed by atoms with E-state index in [2.05, 4.69) is 48.5 Å². The molecule has 1 fully saturated rings. The van der Waals surface area contributed by atoms with Crippen molar-refractivity contribution >= 4 is 5.97 Å². The normalized spacial score (nSPS) is 19.3. The smallest absolute Gasteiger partial charge is 0.307 e. The molecule has 2 aromatic rings. The standard InChI is InChI=1S/C21H22O3/c1-17(22)23-15-16-24-20-13-8-14-21(20,18-9-4-2-5-10-18)19-11-6-3-7-12-19/h2-7,9-12,15-16,20H,8,13-14H2,1H3/b16-15-/t20-/m1/s1. The van der Waals surface area contributed by atoms with Gasteiger partial charge in [-0.3, -0.25) is 4.79 Å². The van der Waals surface area contributed by atoms with Gasteiger partial charge < -0.3 is 9.47 Å². The molecule has 1 aliphatic rings. The molecule has 1 atom stereocenters. The van der Waals surface area contributed by atoms with E-state index in [4.69, 9.17) is 9.47 Å². The zero-order chi connectivity index (χ0) is 16.8. The minimum absolute atomic E-state index is 0.00843. The van der Waals surface area contributed by atoms with Crippen LogP contribution in [0.5, 0.6) is 0 Å². The van der Waals surface area contributed by atoms with Gasteiger partial charge in [0.25, 0.3) is 0 Å². The number of benzene rings is 2. The van der Waals surface area contributed by atoms with Gasteiger partial charge in [0, 0.05) is 6.92 Å². The summed E-state index contributed by atoms with van der Waals surface area (Å²) < 4.78 is 10.9. The van der Waals surface area contributed by atoms with Crippen LogP contribution in [0.4, 0.5) is 0 Å². The first-order chi connectivity index (χ1) is 11.7. The Morgan fingerprint density at radius 3 is 2.12 bits per heavy atom.